The van der Waals surface area contributed by atoms with Crippen LogP contribution in [0, 0.1) is 0 Å². The molecule has 0 radical (unpaired) electrons. The van der Waals surface area contributed by atoms with Crippen molar-refractivity contribution in [3.63, 3.8) is 0 Å². The van der Waals surface area contributed by atoms with Crippen LogP contribution in [0.2, 0.25) is 0 Å². The SMILES string of the molecule is CC(C)(C)c1cc(B2OC(C)(C)C(C)(C)O2)cc(-c2cc(-n3c4ccccc4c4ccccc43)ccn2)c1. The highest BCUT2D eigenvalue weighted by Crippen LogP contribution is 2.38. The molecule has 0 saturated carbocycles. The first kappa shape index (κ1) is 24.9. The second kappa shape index (κ2) is 8.55. The van der Waals surface area contributed by atoms with E-state index in [2.05, 4.69) is 132 Å². The summed E-state index contributed by atoms with van der Waals surface area (Å²) in [7, 11) is -0.429. The highest BCUT2D eigenvalue weighted by atomic mass is 16.7. The minimum atomic E-state index is -0.429. The molecule has 4 nitrogen and oxygen atoms in total. The number of aromatic nitrogens is 2. The second-order valence-corrected chi connectivity index (χ2v) is 12.5. The van der Waals surface area contributed by atoms with Gasteiger partial charge in [-0.3, -0.25) is 4.98 Å². The summed E-state index contributed by atoms with van der Waals surface area (Å²) in [5.74, 6) is 0. The molecule has 0 unspecified atom stereocenters. The Labute approximate surface area is 225 Å². The van der Waals surface area contributed by atoms with Crippen LogP contribution >= 0.6 is 0 Å². The summed E-state index contributed by atoms with van der Waals surface area (Å²) in [5.41, 5.74) is 6.86. The van der Waals surface area contributed by atoms with Crippen LogP contribution in [0.5, 0.6) is 0 Å². The zero-order valence-electron chi connectivity index (χ0n) is 23.4. The van der Waals surface area contributed by atoms with E-state index in [9.17, 15) is 0 Å². The van der Waals surface area contributed by atoms with Gasteiger partial charge in [0, 0.05) is 28.2 Å². The van der Waals surface area contributed by atoms with E-state index in [1.165, 1.54) is 27.4 Å². The first-order chi connectivity index (χ1) is 17.9. The highest BCUT2D eigenvalue weighted by molar-refractivity contribution is 6.62. The van der Waals surface area contributed by atoms with Gasteiger partial charge in [0.15, 0.2) is 0 Å². The van der Waals surface area contributed by atoms with Crippen molar-refractivity contribution in [2.24, 2.45) is 0 Å². The Kier molecular flexibility index (Phi) is 5.61. The van der Waals surface area contributed by atoms with Crippen LogP contribution in [-0.4, -0.2) is 27.9 Å². The molecule has 0 bridgehead atoms. The van der Waals surface area contributed by atoms with Gasteiger partial charge >= 0.3 is 7.12 Å². The summed E-state index contributed by atoms with van der Waals surface area (Å²) in [6.07, 6.45) is 1.91. The van der Waals surface area contributed by atoms with Crippen molar-refractivity contribution < 1.29 is 9.31 Å². The van der Waals surface area contributed by atoms with Crippen molar-refractivity contribution in [2.45, 2.75) is 65.1 Å². The Balaban J connectivity index is 1.51. The maximum absolute atomic E-state index is 6.44. The number of nitrogens with zero attached hydrogens (tertiary/aromatic N) is 2. The average molecular weight is 502 g/mol. The first-order valence-corrected chi connectivity index (χ1v) is 13.4. The summed E-state index contributed by atoms with van der Waals surface area (Å²) in [4.78, 5) is 4.83. The Hall–Kier alpha value is -3.41. The standard InChI is InChI=1S/C33H35BN2O2/c1-31(2,3)23-18-22(19-24(20-23)34-37-32(4,5)33(6,7)38-34)28-21-25(16-17-35-28)36-29-14-10-8-12-26(29)27-13-9-11-15-30(27)36/h8-21H,1-7H3. The summed E-state index contributed by atoms with van der Waals surface area (Å²) >= 11 is 0. The molecule has 0 atom stereocenters. The summed E-state index contributed by atoms with van der Waals surface area (Å²) in [6.45, 7) is 15.1. The topological polar surface area (TPSA) is 36.3 Å². The molecule has 1 aliphatic heterocycles. The molecule has 0 amide bonds. The maximum Gasteiger partial charge on any atom is 0.494 e. The van der Waals surface area contributed by atoms with Gasteiger partial charge in [0.25, 0.3) is 0 Å². The van der Waals surface area contributed by atoms with Gasteiger partial charge in [0.1, 0.15) is 0 Å². The second-order valence-electron chi connectivity index (χ2n) is 12.5. The molecule has 2 aromatic heterocycles. The smallest absolute Gasteiger partial charge is 0.399 e. The number of benzene rings is 3. The fraction of sp³-hybridized carbons (Fsp3) is 0.303. The first-order valence-electron chi connectivity index (χ1n) is 13.4. The van der Waals surface area contributed by atoms with Crippen LogP contribution in [0.1, 0.15) is 54.0 Å². The Morgan fingerprint density at radius 2 is 1.32 bits per heavy atom. The van der Waals surface area contributed by atoms with E-state index in [1.807, 2.05) is 6.20 Å². The number of hydrogen-bond donors (Lipinski definition) is 0. The van der Waals surface area contributed by atoms with Crippen molar-refractivity contribution >= 4 is 34.4 Å². The quantitative estimate of drug-likeness (QED) is 0.241. The van der Waals surface area contributed by atoms with Crippen molar-refractivity contribution in [2.75, 3.05) is 0 Å². The molecule has 192 valence electrons. The number of rotatable bonds is 3. The van der Waals surface area contributed by atoms with Crippen molar-refractivity contribution in [1.82, 2.24) is 9.55 Å². The minimum Gasteiger partial charge on any atom is -0.399 e. The Morgan fingerprint density at radius 1 is 0.737 bits per heavy atom. The lowest BCUT2D eigenvalue weighted by molar-refractivity contribution is 0.00578. The van der Waals surface area contributed by atoms with Crippen LogP contribution in [0.4, 0.5) is 0 Å². The largest absolute Gasteiger partial charge is 0.494 e. The van der Waals surface area contributed by atoms with Crippen LogP contribution in [-0.2, 0) is 14.7 Å². The van der Waals surface area contributed by atoms with Crippen LogP contribution in [0.25, 0.3) is 38.8 Å². The lowest BCUT2D eigenvalue weighted by Gasteiger charge is -2.32. The lowest BCUT2D eigenvalue weighted by atomic mass is 9.74. The molecule has 6 rings (SSSR count). The lowest BCUT2D eigenvalue weighted by Crippen LogP contribution is -2.41. The molecular weight excluding hydrogens is 467 g/mol. The number of pyridine rings is 1. The average Bonchev–Trinajstić information content (AvgIpc) is 3.33. The summed E-state index contributed by atoms with van der Waals surface area (Å²) in [6, 6.07) is 28.1. The third-order valence-electron chi connectivity index (χ3n) is 8.22. The van der Waals surface area contributed by atoms with Crippen LogP contribution in [0.3, 0.4) is 0 Å². The van der Waals surface area contributed by atoms with Gasteiger partial charge < -0.3 is 13.9 Å². The molecule has 1 saturated heterocycles. The van der Waals surface area contributed by atoms with Crippen molar-refractivity contribution in [1.29, 1.82) is 0 Å². The predicted octanol–water partition coefficient (Wildman–Crippen LogP) is 7.44. The van der Waals surface area contributed by atoms with Gasteiger partial charge in [-0.1, -0.05) is 69.3 Å². The van der Waals surface area contributed by atoms with Gasteiger partial charge in [-0.15, -0.1) is 0 Å². The predicted molar refractivity (Wildman–Crippen MR) is 158 cm³/mol. The maximum atomic E-state index is 6.44. The summed E-state index contributed by atoms with van der Waals surface area (Å²) < 4.78 is 15.2. The van der Waals surface area contributed by atoms with E-state index in [1.54, 1.807) is 0 Å². The fourth-order valence-electron chi connectivity index (χ4n) is 5.26. The monoisotopic (exact) mass is 502 g/mol. The van der Waals surface area contributed by atoms with Gasteiger partial charge in [0.2, 0.25) is 0 Å². The fourth-order valence-corrected chi connectivity index (χ4v) is 5.26. The normalized spacial score (nSPS) is 17.0. The van der Waals surface area contributed by atoms with E-state index in [0.717, 1.165) is 22.4 Å². The third kappa shape index (κ3) is 4.05. The van der Waals surface area contributed by atoms with Gasteiger partial charge in [-0.2, -0.15) is 0 Å². The number of para-hydroxylation sites is 2. The van der Waals surface area contributed by atoms with E-state index < -0.39 is 18.3 Å². The molecule has 3 heterocycles. The van der Waals surface area contributed by atoms with Crippen molar-refractivity contribution in [3.05, 3.63) is 90.6 Å². The molecule has 1 aliphatic rings. The van der Waals surface area contributed by atoms with Crippen molar-refractivity contribution in [3.8, 4) is 16.9 Å². The van der Waals surface area contributed by atoms with Crippen LogP contribution in [0.15, 0.2) is 85.1 Å². The molecule has 0 N–H and O–H groups in total. The molecule has 5 aromatic rings. The van der Waals surface area contributed by atoms with E-state index in [0.29, 0.717) is 0 Å². The molecule has 3 aromatic carbocycles. The van der Waals surface area contributed by atoms with E-state index in [-0.39, 0.29) is 5.41 Å². The minimum absolute atomic E-state index is 0.0428. The number of hydrogen-bond acceptors (Lipinski definition) is 3. The zero-order valence-corrected chi connectivity index (χ0v) is 23.4. The molecule has 0 aliphatic carbocycles. The Morgan fingerprint density at radius 3 is 1.89 bits per heavy atom. The molecule has 5 heteroatoms. The highest BCUT2D eigenvalue weighted by Gasteiger charge is 2.51. The zero-order chi connectivity index (χ0) is 26.9. The van der Waals surface area contributed by atoms with Gasteiger partial charge in [0.05, 0.1) is 27.9 Å². The molecular formula is C33H35BN2O2. The Bertz CT molecular complexity index is 1610. The van der Waals surface area contributed by atoms with E-state index in [4.69, 9.17) is 14.3 Å². The van der Waals surface area contributed by atoms with E-state index >= 15 is 0 Å². The molecule has 38 heavy (non-hydrogen) atoms. The van der Waals surface area contributed by atoms with Crippen LogP contribution < -0.4 is 5.46 Å². The third-order valence-corrected chi connectivity index (χ3v) is 8.22. The molecule has 0 spiro atoms. The summed E-state index contributed by atoms with van der Waals surface area (Å²) in [5, 5.41) is 2.50. The van der Waals surface area contributed by atoms with Gasteiger partial charge in [-0.25, -0.2) is 0 Å². The number of fused-ring (bicyclic) bond motifs is 3. The molecule has 1 fully saturated rings. The van der Waals surface area contributed by atoms with Gasteiger partial charge in [-0.05, 0) is 74.5 Å².